The van der Waals surface area contributed by atoms with Gasteiger partial charge in [0.05, 0.1) is 20.3 Å². The molecular formula is C30H35N3O3. The van der Waals surface area contributed by atoms with E-state index in [2.05, 4.69) is 46.2 Å². The van der Waals surface area contributed by atoms with Gasteiger partial charge in [-0.15, -0.1) is 0 Å². The van der Waals surface area contributed by atoms with Crippen molar-refractivity contribution in [1.82, 2.24) is 9.80 Å². The second kappa shape index (κ2) is 11.6. The highest BCUT2D eigenvalue weighted by Crippen LogP contribution is 2.22. The zero-order valence-corrected chi connectivity index (χ0v) is 21.1. The van der Waals surface area contributed by atoms with Crippen LogP contribution in [-0.4, -0.2) is 68.7 Å². The van der Waals surface area contributed by atoms with E-state index in [1.807, 2.05) is 41.3 Å². The molecule has 0 N–H and O–H groups in total. The lowest BCUT2D eigenvalue weighted by Gasteiger charge is -2.37. The molecule has 0 unspecified atom stereocenters. The predicted octanol–water partition coefficient (Wildman–Crippen LogP) is 4.23. The van der Waals surface area contributed by atoms with Gasteiger partial charge >= 0.3 is 0 Å². The fraction of sp³-hybridized carbons (Fsp3) is 0.367. The summed E-state index contributed by atoms with van der Waals surface area (Å²) in [5, 5.41) is 0. The van der Waals surface area contributed by atoms with Crippen LogP contribution < -0.4 is 9.64 Å². The number of carbonyl (C=O) groups is 1. The Labute approximate surface area is 214 Å². The number of nitrogens with zero attached hydrogens (tertiary/aromatic N) is 3. The molecule has 0 radical (unpaired) electrons. The topological polar surface area (TPSA) is 45.2 Å². The van der Waals surface area contributed by atoms with Gasteiger partial charge in [-0.25, -0.2) is 0 Å². The zero-order chi connectivity index (χ0) is 24.7. The summed E-state index contributed by atoms with van der Waals surface area (Å²) in [4.78, 5) is 20.5. The second-order valence-corrected chi connectivity index (χ2v) is 9.53. The summed E-state index contributed by atoms with van der Waals surface area (Å²) in [5.74, 6) is 0.984. The number of rotatable bonds is 8. The zero-order valence-electron chi connectivity index (χ0n) is 21.1. The van der Waals surface area contributed by atoms with Gasteiger partial charge in [-0.2, -0.15) is 0 Å². The Balaban J connectivity index is 1.22. The van der Waals surface area contributed by atoms with E-state index in [-0.39, 0.29) is 5.91 Å². The third-order valence-electron chi connectivity index (χ3n) is 7.23. The molecule has 1 fully saturated rings. The van der Waals surface area contributed by atoms with Crippen molar-refractivity contribution in [1.29, 1.82) is 0 Å². The highest BCUT2D eigenvalue weighted by Gasteiger charge is 2.22. The smallest absolute Gasteiger partial charge is 0.254 e. The monoisotopic (exact) mass is 485 g/mol. The lowest BCUT2D eigenvalue weighted by Crippen LogP contribution is -2.49. The van der Waals surface area contributed by atoms with Crippen molar-refractivity contribution in [3.63, 3.8) is 0 Å². The molecule has 36 heavy (non-hydrogen) atoms. The van der Waals surface area contributed by atoms with E-state index in [9.17, 15) is 4.79 Å². The molecule has 0 aromatic heterocycles. The number of hydrogen-bond acceptors (Lipinski definition) is 5. The van der Waals surface area contributed by atoms with E-state index >= 15 is 0 Å². The Kier molecular flexibility index (Phi) is 7.84. The second-order valence-electron chi connectivity index (χ2n) is 9.53. The third-order valence-corrected chi connectivity index (χ3v) is 7.23. The van der Waals surface area contributed by atoms with E-state index in [1.165, 1.54) is 16.8 Å². The van der Waals surface area contributed by atoms with Crippen molar-refractivity contribution in [3.05, 3.63) is 95.1 Å². The van der Waals surface area contributed by atoms with Crippen molar-refractivity contribution in [2.24, 2.45) is 0 Å². The SMILES string of the molecule is COc1ccc(N2CCN(CCN(Cc3ccccc3)C(=O)c3ccc4c(c3)CCOC4)CC2)cc1. The van der Waals surface area contributed by atoms with Crippen LogP contribution in [0.4, 0.5) is 5.69 Å². The van der Waals surface area contributed by atoms with Crippen molar-refractivity contribution in [3.8, 4) is 5.75 Å². The van der Waals surface area contributed by atoms with E-state index in [4.69, 9.17) is 9.47 Å². The number of ether oxygens (including phenoxy) is 2. The van der Waals surface area contributed by atoms with E-state index in [0.717, 1.165) is 62.6 Å². The molecule has 0 saturated carbocycles. The number of benzene rings is 3. The number of methoxy groups -OCH3 is 1. The van der Waals surface area contributed by atoms with E-state index in [0.29, 0.717) is 19.7 Å². The van der Waals surface area contributed by atoms with Crippen molar-refractivity contribution in [2.75, 3.05) is 57.9 Å². The van der Waals surface area contributed by atoms with Crippen LogP contribution in [0, 0.1) is 0 Å². The van der Waals surface area contributed by atoms with Gasteiger partial charge in [-0.3, -0.25) is 9.69 Å². The van der Waals surface area contributed by atoms with Gasteiger partial charge in [-0.1, -0.05) is 36.4 Å². The first-order chi connectivity index (χ1) is 17.7. The van der Waals surface area contributed by atoms with Crippen LogP contribution in [0.1, 0.15) is 27.0 Å². The molecule has 3 aromatic rings. The Hall–Kier alpha value is -3.35. The van der Waals surface area contributed by atoms with Gasteiger partial charge in [0, 0.05) is 57.1 Å². The minimum atomic E-state index is 0.102. The summed E-state index contributed by atoms with van der Waals surface area (Å²) < 4.78 is 10.8. The molecule has 1 amide bonds. The maximum Gasteiger partial charge on any atom is 0.254 e. The van der Waals surface area contributed by atoms with Crippen LogP contribution in [0.15, 0.2) is 72.8 Å². The molecule has 188 valence electrons. The van der Waals surface area contributed by atoms with Gasteiger partial charge in [-0.05, 0) is 59.5 Å². The standard InChI is InChI=1S/C30H35N3O3/c1-35-29-11-9-28(10-12-29)32-17-14-31(15-18-32)16-19-33(22-24-5-3-2-4-6-24)30(34)26-7-8-27-23-36-20-13-25(27)21-26/h2-12,21H,13-20,22-23H2,1H3. The largest absolute Gasteiger partial charge is 0.497 e. The van der Waals surface area contributed by atoms with Crippen molar-refractivity contribution < 1.29 is 14.3 Å². The molecule has 6 nitrogen and oxygen atoms in total. The number of hydrogen-bond donors (Lipinski definition) is 0. The number of piperazine rings is 1. The lowest BCUT2D eigenvalue weighted by atomic mass is 9.99. The molecule has 2 heterocycles. The molecule has 3 aromatic carbocycles. The Bertz CT molecular complexity index is 1140. The van der Waals surface area contributed by atoms with Crippen molar-refractivity contribution >= 4 is 11.6 Å². The number of carbonyl (C=O) groups excluding carboxylic acids is 1. The van der Waals surface area contributed by atoms with E-state index < -0.39 is 0 Å². The van der Waals surface area contributed by atoms with Gasteiger partial charge in [0.25, 0.3) is 5.91 Å². The van der Waals surface area contributed by atoms with Crippen LogP contribution in [-0.2, 0) is 24.3 Å². The van der Waals surface area contributed by atoms with Crippen LogP contribution in [0.5, 0.6) is 5.75 Å². The Morgan fingerprint density at radius 3 is 2.47 bits per heavy atom. The van der Waals surface area contributed by atoms with Crippen LogP contribution >= 0.6 is 0 Å². The molecule has 5 rings (SSSR count). The first-order valence-corrected chi connectivity index (χ1v) is 12.8. The maximum atomic E-state index is 13.7. The molecule has 0 aliphatic carbocycles. The van der Waals surface area contributed by atoms with Crippen LogP contribution in [0.2, 0.25) is 0 Å². The van der Waals surface area contributed by atoms with Gasteiger partial charge in [0.1, 0.15) is 5.75 Å². The average molecular weight is 486 g/mol. The predicted molar refractivity (Wildman–Crippen MR) is 143 cm³/mol. The summed E-state index contributed by atoms with van der Waals surface area (Å²) in [6.07, 6.45) is 0.869. The minimum Gasteiger partial charge on any atom is -0.497 e. The maximum absolute atomic E-state index is 13.7. The molecule has 0 bridgehead atoms. The summed E-state index contributed by atoms with van der Waals surface area (Å²) in [6, 6.07) is 24.7. The Morgan fingerprint density at radius 2 is 1.72 bits per heavy atom. The highest BCUT2D eigenvalue weighted by molar-refractivity contribution is 5.94. The highest BCUT2D eigenvalue weighted by atomic mass is 16.5. The molecule has 1 saturated heterocycles. The molecule has 0 atom stereocenters. The van der Waals surface area contributed by atoms with Crippen LogP contribution in [0.3, 0.4) is 0 Å². The summed E-state index contributed by atoms with van der Waals surface area (Å²) in [6.45, 7) is 7.48. The van der Waals surface area contributed by atoms with Gasteiger partial charge in [0.2, 0.25) is 0 Å². The van der Waals surface area contributed by atoms with Crippen LogP contribution in [0.25, 0.3) is 0 Å². The minimum absolute atomic E-state index is 0.102. The van der Waals surface area contributed by atoms with Crippen molar-refractivity contribution in [2.45, 2.75) is 19.6 Å². The molecule has 2 aliphatic heterocycles. The fourth-order valence-corrected chi connectivity index (χ4v) is 5.02. The first-order valence-electron chi connectivity index (χ1n) is 12.8. The summed E-state index contributed by atoms with van der Waals surface area (Å²) >= 11 is 0. The summed E-state index contributed by atoms with van der Waals surface area (Å²) in [5.41, 5.74) is 5.59. The van der Waals surface area contributed by atoms with E-state index in [1.54, 1.807) is 7.11 Å². The lowest BCUT2D eigenvalue weighted by molar-refractivity contribution is 0.0718. The normalized spacial score (nSPS) is 15.9. The molecule has 2 aliphatic rings. The summed E-state index contributed by atoms with van der Waals surface area (Å²) in [7, 11) is 1.69. The van der Waals surface area contributed by atoms with Gasteiger partial charge < -0.3 is 19.3 Å². The first kappa shape index (κ1) is 24.3. The molecule has 6 heteroatoms. The molecular weight excluding hydrogens is 450 g/mol. The number of amides is 1. The molecule has 0 spiro atoms. The Morgan fingerprint density at radius 1 is 0.944 bits per heavy atom. The number of fused-ring (bicyclic) bond motifs is 1. The number of anilines is 1. The fourth-order valence-electron chi connectivity index (χ4n) is 5.02. The average Bonchev–Trinajstić information content (AvgIpc) is 2.95. The quantitative estimate of drug-likeness (QED) is 0.478. The third kappa shape index (κ3) is 5.89. The van der Waals surface area contributed by atoms with Gasteiger partial charge in [0.15, 0.2) is 0 Å².